The fourth-order valence-electron chi connectivity index (χ4n) is 6.41. The molecular weight excluding hydrogens is 648 g/mol. The number of unbranched alkanes of at least 4 members (excludes halogenated alkanes) is 7. The Labute approximate surface area is 289 Å². The predicted molar refractivity (Wildman–Crippen MR) is 178 cm³/mol. The molecule has 50 heavy (non-hydrogen) atoms. The van der Waals surface area contributed by atoms with E-state index in [-0.39, 0.29) is 68.6 Å². The number of rotatable bonds is 18. The molecule has 0 saturated heterocycles. The fraction of sp³-hybridized carbons (Fsp3) is 0.395. The van der Waals surface area contributed by atoms with Gasteiger partial charge in [0.25, 0.3) is 0 Å². The average molecular weight is 689 g/mol. The first kappa shape index (κ1) is 37.4. The van der Waals surface area contributed by atoms with E-state index < -0.39 is 42.3 Å². The van der Waals surface area contributed by atoms with Gasteiger partial charge in [-0.1, -0.05) is 56.7 Å². The molecule has 0 aromatic heterocycles. The number of ketones is 4. The van der Waals surface area contributed by atoms with Crippen LogP contribution in [0.1, 0.15) is 118 Å². The first-order valence-corrected chi connectivity index (χ1v) is 16.5. The number of aliphatic carboxylic acids is 2. The van der Waals surface area contributed by atoms with E-state index in [1.807, 2.05) is 0 Å². The van der Waals surface area contributed by atoms with Gasteiger partial charge in [0.05, 0.1) is 39.2 Å². The summed E-state index contributed by atoms with van der Waals surface area (Å²) >= 11 is 0. The molecule has 2 aromatic rings. The first-order chi connectivity index (χ1) is 23.9. The Morgan fingerprint density at radius 1 is 0.640 bits per heavy atom. The standard InChI is InChI=1S/C38H40O12/c1-21-25(34(45)37(49-3)36(48-2)32(21)43)14-10-8-6-4-5-7-9-11-16-50-38(47)24-17-23(20-29(41)42)31-27(18-24)33(44)26-15-12-13-22(19-28(39)40)30(26)35(31)46/h12-13,15,17-18H,4-11,14,16,19-20H2,1-3H3,(H,39,40)(H,41,42). The van der Waals surface area contributed by atoms with Gasteiger partial charge >= 0.3 is 17.9 Å². The smallest absolute Gasteiger partial charge is 0.338 e. The van der Waals surface area contributed by atoms with Crippen molar-refractivity contribution in [2.75, 3.05) is 20.8 Å². The minimum atomic E-state index is -1.27. The second-order valence-corrected chi connectivity index (χ2v) is 12.2. The summed E-state index contributed by atoms with van der Waals surface area (Å²) in [5.74, 6) is -5.24. The van der Waals surface area contributed by atoms with Crippen LogP contribution in [0.4, 0.5) is 0 Å². The summed E-state index contributed by atoms with van der Waals surface area (Å²) in [5.41, 5.74) is 0.569. The largest absolute Gasteiger partial charge is 0.489 e. The second kappa shape index (κ2) is 16.8. The van der Waals surface area contributed by atoms with Gasteiger partial charge in [-0.25, -0.2) is 4.79 Å². The molecule has 0 atom stereocenters. The van der Waals surface area contributed by atoms with Gasteiger partial charge < -0.3 is 24.4 Å². The molecule has 0 unspecified atom stereocenters. The fourth-order valence-corrected chi connectivity index (χ4v) is 6.41. The maximum Gasteiger partial charge on any atom is 0.338 e. The summed E-state index contributed by atoms with van der Waals surface area (Å²) in [6.45, 7) is 1.74. The molecule has 0 radical (unpaired) electrons. The number of methoxy groups -OCH3 is 2. The second-order valence-electron chi connectivity index (χ2n) is 12.2. The Morgan fingerprint density at radius 3 is 1.82 bits per heavy atom. The van der Waals surface area contributed by atoms with Crippen molar-refractivity contribution in [1.29, 1.82) is 0 Å². The highest BCUT2D eigenvalue weighted by molar-refractivity contribution is 6.30. The van der Waals surface area contributed by atoms with Crippen LogP contribution in [0.2, 0.25) is 0 Å². The van der Waals surface area contributed by atoms with Gasteiger partial charge in [0.2, 0.25) is 23.1 Å². The van der Waals surface area contributed by atoms with E-state index in [2.05, 4.69) is 0 Å². The number of carboxylic acids is 2. The quantitative estimate of drug-likeness (QED) is 0.0991. The molecule has 2 aliphatic carbocycles. The molecule has 0 saturated carbocycles. The molecule has 0 amide bonds. The van der Waals surface area contributed by atoms with Gasteiger partial charge in [0, 0.05) is 33.4 Å². The molecule has 0 bridgehead atoms. The summed E-state index contributed by atoms with van der Waals surface area (Å²) in [7, 11) is 2.67. The summed E-state index contributed by atoms with van der Waals surface area (Å²) in [6, 6.07) is 6.80. The lowest BCUT2D eigenvalue weighted by atomic mass is 9.78. The molecule has 264 valence electrons. The van der Waals surface area contributed by atoms with Crippen LogP contribution < -0.4 is 0 Å². The number of ether oxygens (including phenoxy) is 3. The molecule has 12 heteroatoms. The molecule has 2 N–H and O–H groups in total. The Kier molecular flexibility index (Phi) is 12.6. The van der Waals surface area contributed by atoms with Crippen molar-refractivity contribution in [3.8, 4) is 0 Å². The Balaban J connectivity index is 1.24. The maximum absolute atomic E-state index is 13.6. The lowest BCUT2D eigenvalue weighted by molar-refractivity contribution is -0.137. The summed E-state index contributed by atoms with van der Waals surface area (Å²) < 4.78 is 15.6. The van der Waals surface area contributed by atoms with Crippen LogP contribution in [-0.2, 0) is 46.2 Å². The van der Waals surface area contributed by atoms with Crippen LogP contribution >= 0.6 is 0 Å². The van der Waals surface area contributed by atoms with Crippen LogP contribution in [0.3, 0.4) is 0 Å². The topological polar surface area (TPSA) is 188 Å². The number of hydrogen-bond acceptors (Lipinski definition) is 10. The first-order valence-electron chi connectivity index (χ1n) is 16.5. The van der Waals surface area contributed by atoms with E-state index in [9.17, 15) is 43.8 Å². The van der Waals surface area contributed by atoms with Gasteiger partial charge in [-0.05, 0) is 49.4 Å². The van der Waals surface area contributed by atoms with Crippen LogP contribution in [-0.4, -0.2) is 72.1 Å². The molecular formula is C38H40O12. The zero-order valence-electron chi connectivity index (χ0n) is 28.3. The summed E-state index contributed by atoms with van der Waals surface area (Å²) in [6.07, 6.45) is 6.25. The monoisotopic (exact) mass is 688 g/mol. The van der Waals surface area contributed by atoms with Gasteiger partial charge in [0.15, 0.2) is 11.6 Å². The number of allylic oxidation sites excluding steroid dienone is 2. The van der Waals surface area contributed by atoms with E-state index in [0.29, 0.717) is 24.0 Å². The molecule has 4 rings (SSSR count). The normalized spacial score (nSPS) is 14.1. The Bertz CT molecular complexity index is 1810. The van der Waals surface area contributed by atoms with Crippen molar-refractivity contribution in [2.24, 2.45) is 0 Å². The van der Waals surface area contributed by atoms with Crippen molar-refractivity contribution >= 4 is 41.0 Å². The number of fused-ring (bicyclic) bond motifs is 2. The third kappa shape index (κ3) is 8.24. The van der Waals surface area contributed by atoms with Crippen molar-refractivity contribution < 1.29 is 58.0 Å². The molecule has 0 fully saturated rings. The van der Waals surface area contributed by atoms with E-state index >= 15 is 0 Å². The third-order valence-corrected chi connectivity index (χ3v) is 8.88. The van der Waals surface area contributed by atoms with E-state index in [1.54, 1.807) is 6.92 Å². The number of esters is 1. The minimum absolute atomic E-state index is 0.00418. The highest BCUT2D eigenvalue weighted by atomic mass is 16.5. The van der Waals surface area contributed by atoms with Crippen molar-refractivity contribution in [1.82, 2.24) is 0 Å². The SMILES string of the molecule is COC1=C(OC)C(=O)C(CCCCCCCCCCOC(=O)c2cc(CC(=O)O)c3c(c2)C(=O)c2cccc(CC(=O)O)c2C3=O)=C(C)C1=O. The zero-order valence-corrected chi connectivity index (χ0v) is 28.3. The number of carbonyl (C=O) groups excluding carboxylic acids is 5. The van der Waals surface area contributed by atoms with Crippen molar-refractivity contribution in [3.63, 3.8) is 0 Å². The number of Topliss-reactive ketones (excluding diaryl/α,β-unsaturated/α-hetero) is 2. The number of carboxylic acid groups (broad SMARTS) is 2. The zero-order chi connectivity index (χ0) is 36.5. The minimum Gasteiger partial charge on any atom is -0.489 e. The van der Waals surface area contributed by atoms with E-state index in [4.69, 9.17) is 14.2 Å². The molecule has 0 aliphatic heterocycles. The number of benzene rings is 2. The van der Waals surface area contributed by atoms with Crippen molar-refractivity contribution in [2.45, 2.75) is 77.6 Å². The third-order valence-electron chi connectivity index (χ3n) is 8.88. The van der Waals surface area contributed by atoms with Crippen molar-refractivity contribution in [3.05, 3.63) is 91.9 Å². The lowest BCUT2D eigenvalue weighted by Gasteiger charge is -2.22. The molecule has 2 aliphatic rings. The van der Waals surface area contributed by atoms with Crippen LogP contribution in [0.5, 0.6) is 0 Å². The van der Waals surface area contributed by atoms with Crippen LogP contribution in [0.15, 0.2) is 53.0 Å². The molecule has 2 aromatic carbocycles. The Morgan fingerprint density at radius 2 is 1.20 bits per heavy atom. The number of carbonyl (C=O) groups is 7. The van der Waals surface area contributed by atoms with E-state index in [1.165, 1.54) is 44.6 Å². The van der Waals surface area contributed by atoms with Gasteiger partial charge in [-0.15, -0.1) is 0 Å². The molecule has 12 nitrogen and oxygen atoms in total. The summed E-state index contributed by atoms with van der Waals surface area (Å²) in [4.78, 5) is 88.3. The van der Waals surface area contributed by atoms with Gasteiger partial charge in [-0.3, -0.25) is 28.8 Å². The molecule has 0 spiro atoms. The molecule has 0 heterocycles. The maximum atomic E-state index is 13.6. The highest BCUT2D eigenvalue weighted by Gasteiger charge is 2.36. The van der Waals surface area contributed by atoms with Gasteiger partial charge in [-0.2, -0.15) is 0 Å². The van der Waals surface area contributed by atoms with Crippen LogP contribution in [0.25, 0.3) is 0 Å². The average Bonchev–Trinajstić information content (AvgIpc) is 3.07. The predicted octanol–water partition coefficient (Wildman–Crippen LogP) is 5.36. The summed E-state index contributed by atoms with van der Waals surface area (Å²) in [5, 5.41) is 18.8. The highest BCUT2D eigenvalue weighted by Crippen LogP contribution is 2.34. The van der Waals surface area contributed by atoms with E-state index in [0.717, 1.165) is 44.9 Å². The van der Waals surface area contributed by atoms with Gasteiger partial charge in [0.1, 0.15) is 0 Å². The Hall–Kier alpha value is -5.39. The number of hydrogen-bond donors (Lipinski definition) is 2. The van der Waals surface area contributed by atoms with Crippen LogP contribution in [0, 0.1) is 0 Å². The lowest BCUT2D eigenvalue weighted by Crippen LogP contribution is -2.26.